The number of azo groups is 2. The summed E-state index contributed by atoms with van der Waals surface area (Å²) in [6.07, 6.45) is 0. The van der Waals surface area contributed by atoms with Crippen molar-refractivity contribution in [2.45, 2.75) is 9.79 Å². The second-order valence-corrected chi connectivity index (χ2v) is 13.7. The average molecular weight is 772 g/mol. The van der Waals surface area contributed by atoms with Crippen LogP contribution in [0.15, 0.2) is 127 Å². The molecule has 21 heteroatoms. The molecule has 0 amide bonds. The van der Waals surface area contributed by atoms with Gasteiger partial charge in [0.25, 0.3) is 20.2 Å². The van der Waals surface area contributed by atoms with Crippen molar-refractivity contribution < 1.29 is 45.7 Å². The largest absolute Gasteiger partial charge is 0.494 e. The van der Waals surface area contributed by atoms with Crippen LogP contribution >= 0.6 is 0 Å². The van der Waals surface area contributed by atoms with Crippen LogP contribution in [0.25, 0.3) is 10.8 Å². The molecular weight excluding hydrogens is 747 g/mol. The lowest BCUT2D eigenvalue weighted by molar-refractivity contribution is 0.0696. The van der Waals surface area contributed by atoms with E-state index in [0.29, 0.717) is 28.5 Å². The predicted molar refractivity (Wildman–Crippen MR) is 193 cm³/mol. The summed E-state index contributed by atoms with van der Waals surface area (Å²) in [6.45, 7) is 0. The Morgan fingerprint density at radius 3 is 1.93 bits per heavy atom. The Balaban J connectivity index is 1.17. The van der Waals surface area contributed by atoms with Crippen LogP contribution in [0.4, 0.5) is 46.0 Å². The molecule has 19 nitrogen and oxygen atoms in total. The smallest absolute Gasteiger partial charge is 0.335 e. The second-order valence-electron chi connectivity index (χ2n) is 11.0. The van der Waals surface area contributed by atoms with Gasteiger partial charge in [0.1, 0.15) is 15.5 Å². The first kappa shape index (κ1) is 36.8. The number of methoxy groups -OCH3 is 1. The number of fused-ring (bicyclic) bond motifs is 1. The molecule has 0 aliphatic rings. The Kier molecular flexibility index (Phi) is 10.2. The zero-order valence-corrected chi connectivity index (χ0v) is 29.1. The first-order valence-corrected chi connectivity index (χ1v) is 18.0. The topological polar surface area (TPSA) is 288 Å². The highest BCUT2D eigenvalue weighted by molar-refractivity contribution is 7.86. The predicted octanol–water partition coefficient (Wildman–Crippen LogP) is 7.25. The number of carboxylic acid groups (broad SMARTS) is 1. The molecule has 0 bridgehead atoms. The van der Waals surface area contributed by atoms with Gasteiger partial charge in [-0.1, -0.05) is 18.2 Å². The minimum Gasteiger partial charge on any atom is -0.494 e. The van der Waals surface area contributed by atoms with E-state index in [4.69, 9.17) is 4.74 Å². The van der Waals surface area contributed by atoms with Crippen LogP contribution in [0.2, 0.25) is 0 Å². The monoisotopic (exact) mass is 771 g/mol. The maximum Gasteiger partial charge on any atom is 0.335 e. The fourth-order valence-corrected chi connectivity index (χ4v) is 6.34. The Bertz CT molecular complexity index is 2710. The number of benzene rings is 5. The van der Waals surface area contributed by atoms with Crippen LogP contribution in [-0.2, 0) is 20.2 Å². The number of aromatic carboxylic acids is 1. The van der Waals surface area contributed by atoms with E-state index in [9.17, 15) is 40.9 Å². The fourth-order valence-electron chi connectivity index (χ4n) is 4.92. The number of aromatic hydroxyl groups is 1. The Hall–Kier alpha value is -6.94. The van der Waals surface area contributed by atoms with Gasteiger partial charge >= 0.3 is 12.0 Å². The number of hydrogen-bond acceptors (Lipinski definition) is 16. The van der Waals surface area contributed by atoms with Gasteiger partial charge in [0.15, 0.2) is 0 Å². The van der Waals surface area contributed by atoms with E-state index < -0.39 is 42.0 Å². The molecule has 0 spiro atoms. The highest BCUT2D eigenvalue weighted by Crippen LogP contribution is 2.35. The number of carbonyl (C=O) groups is 1. The van der Waals surface area contributed by atoms with Gasteiger partial charge in [-0.2, -0.15) is 52.2 Å². The lowest BCUT2D eigenvalue weighted by Gasteiger charge is -2.12. The number of carboxylic acids is 1. The third kappa shape index (κ3) is 8.74. The molecule has 1 heterocycles. The molecule has 0 atom stereocenters. The van der Waals surface area contributed by atoms with Gasteiger partial charge in [-0.25, -0.2) is 4.79 Å². The van der Waals surface area contributed by atoms with Crippen LogP contribution < -0.4 is 15.4 Å². The molecule has 274 valence electrons. The van der Waals surface area contributed by atoms with E-state index in [1.165, 1.54) is 49.6 Å². The van der Waals surface area contributed by atoms with Gasteiger partial charge < -0.3 is 25.6 Å². The standard InChI is InChI=1S/C33H25N9O10S2/c1-52-27-16-22(41-40-21-5-2-4-18(14-21)30(43)44)12-13-26(27)35-32-36-31(37-33(45)38-32)34-19-8-10-20(11-9-19)39-42-23-15-25-24(29(17-23)54(49,50)51)6-3-7-28(25)53(46,47)48/h2-17H,1H3,(H,43,44)(H,46,47,48)(H,49,50,51)(H3,34,35,36,37,38,45)/b41-40+,42-39+. The minimum absolute atomic E-state index is 0.0455. The molecule has 0 saturated carbocycles. The van der Waals surface area contributed by atoms with Gasteiger partial charge in [-0.3, -0.25) is 9.11 Å². The summed E-state index contributed by atoms with van der Waals surface area (Å²) in [5, 5.41) is 41.1. The Morgan fingerprint density at radius 1 is 0.648 bits per heavy atom. The van der Waals surface area contributed by atoms with E-state index >= 15 is 0 Å². The van der Waals surface area contributed by atoms with E-state index in [-0.39, 0.29) is 39.6 Å². The van der Waals surface area contributed by atoms with Gasteiger partial charge in [0, 0.05) is 22.5 Å². The van der Waals surface area contributed by atoms with Crippen LogP contribution in [0, 0.1) is 0 Å². The molecule has 0 aliphatic heterocycles. The average Bonchev–Trinajstić information content (AvgIpc) is 3.12. The summed E-state index contributed by atoms with van der Waals surface area (Å²) in [5.74, 6) is -0.865. The van der Waals surface area contributed by atoms with Crippen LogP contribution in [0.3, 0.4) is 0 Å². The first-order chi connectivity index (χ1) is 25.7. The molecule has 0 radical (unpaired) electrons. The lowest BCUT2D eigenvalue weighted by atomic mass is 10.1. The maximum atomic E-state index is 12.1. The molecular formula is C33H25N9O10S2. The van der Waals surface area contributed by atoms with Crippen molar-refractivity contribution in [2.75, 3.05) is 17.7 Å². The number of hydrogen-bond donors (Lipinski definition) is 6. The van der Waals surface area contributed by atoms with E-state index in [2.05, 4.69) is 46.0 Å². The highest BCUT2D eigenvalue weighted by atomic mass is 32.2. The molecule has 54 heavy (non-hydrogen) atoms. The normalized spacial score (nSPS) is 12.0. The molecule has 0 aliphatic carbocycles. The van der Waals surface area contributed by atoms with Crippen molar-refractivity contribution >= 4 is 83.0 Å². The van der Waals surface area contributed by atoms with Crippen molar-refractivity contribution in [3.63, 3.8) is 0 Å². The van der Waals surface area contributed by atoms with E-state index in [1.807, 2.05) is 0 Å². The number of rotatable bonds is 12. The molecule has 6 rings (SSSR count). The number of aromatic nitrogens is 3. The number of nitrogens with one attached hydrogen (secondary N) is 2. The van der Waals surface area contributed by atoms with Crippen LogP contribution in [0.5, 0.6) is 11.8 Å². The van der Waals surface area contributed by atoms with Gasteiger partial charge in [-0.15, -0.1) is 0 Å². The Morgan fingerprint density at radius 2 is 1.26 bits per heavy atom. The Labute approximate surface area is 305 Å². The van der Waals surface area contributed by atoms with Crippen molar-refractivity contribution in [1.29, 1.82) is 0 Å². The third-order valence-corrected chi connectivity index (χ3v) is 9.10. The molecule has 1 aromatic heterocycles. The summed E-state index contributed by atoms with van der Waals surface area (Å²) in [7, 11) is -8.16. The molecule has 5 aromatic carbocycles. The van der Waals surface area contributed by atoms with Crippen LogP contribution in [-0.4, -0.2) is 64.2 Å². The third-order valence-electron chi connectivity index (χ3n) is 7.29. The number of anilines is 4. The molecule has 0 fully saturated rings. The SMILES string of the molecule is COc1cc(/N=N/c2cccc(C(=O)O)c2)ccc1Nc1nc(O)nc(Nc2ccc(/N=N/c3cc(S(=O)(=O)O)c4cccc(S(=O)(=O)O)c4c3)cc2)n1. The summed E-state index contributed by atoms with van der Waals surface area (Å²) in [5.41, 5.74) is 1.80. The summed E-state index contributed by atoms with van der Waals surface area (Å²) in [6, 6.07) is 22.1. The molecule has 0 unspecified atom stereocenters. The number of ether oxygens (including phenoxy) is 1. The van der Waals surface area contributed by atoms with Crippen molar-refractivity contribution in [3.05, 3.63) is 103 Å². The second kappa shape index (κ2) is 15.0. The van der Waals surface area contributed by atoms with E-state index in [0.717, 1.165) is 12.1 Å². The van der Waals surface area contributed by atoms with Gasteiger partial charge in [-0.05, 0) is 72.8 Å². The van der Waals surface area contributed by atoms with Crippen molar-refractivity contribution in [2.24, 2.45) is 20.5 Å². The minimum atomic E-state index is -4.83. The highest BCUT2D eigenvalue weighted by Gasteiger charge is 2.21. The van der Waals surface area contributed by atoms with Crippen molar-refractivity contribution in [3.8, 4) is 11.8 Å². The van der Waals surface area contributed by atoms with Crippen LogP contribution in [0.1, 0.15) is 10.4 Å². The van der Waals surface area contributed by atoms with Gasteiger partial charge in [0.05, 0.1) is 41.1 Å². The first-order valence-electron chi connectivity index (χ1n) is 15.1. The lowest BCUT2D eigenvalue weighted by Crippen LogP contribution is -2.04. The molecule has 6 aromatic rings. The number of nitrogens with zero attached hydrogens (tertiary/aromatic N) is 7. The quantitative estimate of drug-likeness (QED) is 0.0527. The summed E-state index contributed by atoms with van der Waals surface area (Å²) in [4.78, 5) is 22.1. The zero-order chi connectivity index (χ0) is 38.6. The molecule has 0 saturated heterocycles. The van der Waals surface area contributed by atoms with Crippen molar-refractivity contribution in [1.82, 2.24) is 15.0 Å². The summed E-state index contributed by atoms with van der Waals surface area (Å²) >= 11 is 0. The fraction of sp³-hybridized carbons (Fsp3) is 0.0303. The van der Waals surface area contributed by atoms with E-state index in [1.54, 1.807) is 42.5 Å². The zero-order valence-electron chi connectivity index (χ0n) is 27.4. The maximum absolute atomic E-state index is 12.1. The molecule has 6 N–H and O–H groups in total. The summed E-state index contributed by atoms with van der Waals surface area (Å²) < 4.78 is 72.9. The van der Waals surface area contributed by atoms with Gasteiger partial charge in [0.2, 0.25) is 11.9 Å².